The summed E-state index contributed by atoms with van der Waals surface area (Å²) in [4.78, 5) is 26.9. The van der Waals surface area contributed by atoms with Crippen molar-refractivity contribution in [1.29, 1.82) is 0 Å². The number of carbonyl (C=O) groups is 2. The molecule has 2 aliphatic rings. The maximum atomic E-state index is 12.9. The number of amides is 2. The van der Waals surface area contributed by atoms with Crippen LogP contribution in [0.4, 0.5) is 0 Å². The number of halogens is 1. The molecule has 0 bridgehead atoms. The quantitative estimate of drug-likeness (QED) is 0.867. The zero-order chi connectivity index (χ0) is 16.2. The molecule has 2 N–H and O–H groups in total. The van der Waals surface area contributed by atoms with Crippen LogP contribution in [0.15, 0.2) is 24.3 Å². The zero-order valence-electron chi connectivity index (χ0n) is 14.1. The molecule has 1 fully saturated rings. The van der Waals surface area contributed by atoms with E-state index in [1.165, 1.54) is 11.1 Å². The first-order chi connectivity index (χ1) is 11.2. The van der Waals surface area contributed by atoms with Gasteiger partial charge in [0.05, 0.1) is 6.04 Å². The number of hydrogen-bond donors (Lipinski definition) is 2. The van der Waals surface area contributed by atoms with Crippen LogP contribution in [0, 0.1) is 0 Å². The third-order valence-corrected chi connectivity index (χ3v) is 4.77. The van der Waals surface area contributed by atoms with Gasteiger partial charge < -0.3 is 15.5 Å². The Hall–Kier alpha value is -1.59. The van der Waals surface area contributed by atoms with E-state index in [2.05, 4.69) is 22.8 Å². The summed E-state index contributed by atoms with van der Waals surface area (Å²) < 4.78 is 0. The molecule has 0 aromatic heterocycles. The van der Waals surface area contributed by atoms with E-state index >= 15 is 0 Å². The highest BCUT2D eigenvalue weighted by atomic mass is 35.5. The standard InChI is InChI=1S/C18H25N3O2.ClH/c1-2-9-19-17(22)16-8-5-10-21(16)18(23)15-11-13-6-3-4-7-14(13)12-20-15;/h3-4,6-7,15-16,20H,2,5,8-12H2,1H3,(H,19,22);1H/t15-,16-;/m0./s1. The maximum Gasteiger partial charge on any atom is 0.242 e. The highest BCUT2D eigenvalue weighted by molar-refractivity contribution is 5.90. The number of nitrogens with one attached hydrogen (secondary N) is 2. The molecule has 1 saturated heterocycles. The van der Waals surface area contributed by atoms with E-state index in [-0.39, 0.29) is 36.3 Å². The lowest BCUT2D eigenvalue weighted by Crippen LogP contribution is -2.54. The molecule has 5 nitrogen and oxygen atoms in total. The Morgan fingerprint density at radius 3 is 2.79 bits per heavy atom. The summed E-state index contributed by atoms with van der Waals surface area (Å²) in [6, 6.07) is 7.71. The number of fused-ring (bicyclic) bond motifs is 1. The van der Waals surface area contributed by atoms with Gasteiger partial charge in [-0.05, 0) is 36.8 Å². The summed E-state index contributed by atoms with van der Waals surface area (Å²) in [5, 5.41) is 6.26. The Bertz CT molecular complexity index is 593. The lowest BCUT2D eigenvalue weighted by atomic mass is 9.95. The fraction of sp³-hybridized carbons (Fsp3) is 0.556. The fourth-order valence-corrected chi connectivity index (χ4v) is 3.50. The van der Waals surface area contributed by atoms with Crippen molar-refractivity contribution < 1.29 is 9.59 Å². The molecule has 6 heteroatoms. The Balaban J connectivity index is 0.00000208. The topological polar surface area (TPSA) is 61.4 Å². The van der Waals surface area contributed by atoms with Crippen LogP contribution < -0.4 is 10.6 Å². The van der Waals surface area contributed by atoms with Crippen LogP contribution in [0.5, 0.6) is 0 Å². The average molecular weight is 352 g/mol. The number of carbonyl (C=O) groups excluding carboxylic acids is 2. The Kier molecular flexibility index (Phi) is 6.63. The second kappa shape index (κ2) is 8.49. The summed E-state index contributed by atoms with van der Waals surface area (Å²) in [6.07, 6.45) is 3.28. The predicted octanol–water partition coefficient (Wildman–Crippen LogP) is 1.64. The minimum atomic E-state index is -0.298. The van der Waals surface area contributed by atoms with Crippen molar-refractivity contribution in [3.05, 3.63) is 35.4 Å². The van der Waals surface area contributed by atoms with E-state index in [4.69, 9.17) is 0 Å². The third kappa shape index (κ3) is 3.90. The third-order valence-electron chi connectivity index (χ3n) is 4.77. The van der Waals surface area contributed by atoms with Gasteiger partial charge >= 0.3 is 0 Å². The molecule has 0 radical (unpaired) electrons. The van der Waals surface area contributed by atoms with Gasteiger partial charge in [-0.3, -0.25) is 9.59 Å². The summed E-state index contributed by atoms with van der Waals surface area (Å²) >= 11 is 0. The Labute approximate surface area is 149 Å². The molecule has 2 heterocycles. The minimum Gasteiger partial charge on any atom is -0.354 e. The normalized spacial score (nSPS) is 22.5. The molecule has 0 spiro atoms. The van der Waals surface area contributed by atoms with Crippen molar-refractivity contribution in [2.45, 2.75) is 51.2 Å². The maximum absolute atomic E-state index is 12.9. The van der Waals surface area contributed by atoms with Gasteiger partial charge in [-0.25, -0.2) is 0 Å². The molecule has 2 atom stereocenters. The average Bonchev–Trinajstić information content (AvgIpc) is 3.08. The summed E-state index contributed by atoms with van der Waals surface area (Å²) in [7, 11) is 0. The van der Waals surface area contributed by atoms with Crippen molar-refractivity contribution in [3.8, 4) is 0 Å². The second-order valence-corrected chi connectivity index (χ2v) is 6.39. The van der Waals surface area contributed by atoms with Crippen LogP contribution >= 0.6 is 12.4 Å². The lowest BCUT2D eigenvalue weighted by Gasteiger charge is -2.31. The van der Waals surface area contributed by atoms with Gasteiger partial charge in [0.1, 0.15) is 6.04 Å². The second-order valence-electron chi connectivity index (χ2n) is 6.39. The van der Waals surface area contributed by atoms with Gasteiger partial charge in [-0.15, -0.1) is 12.4 Å². The largest absolute Gasteiger partial charge is 0.354 e. The van der Waals surface area contributed by atoms with Gasteiger partial charge in [0, 0.05) is 19.6 Å². The van der Waals surface area contributed by atoms with Crippen molar-refractivity contribution in [1.82, 2.24) is 15.5 Å². The van der Waals surface area contributed by atoms with Crippen LogP contribution in [0.25, 0.3) is 0 Å². The molecule has 2 aliphatic heterocycles. The summed E-state index contributed by atoms with van der Waals surface area (Å²) in [6.45, 7) is 4.10. The first-order valence-corrected chi connectivity index (χ1v) is 8.59. The fourth-order valence-electron chi connectivity index (χ4n) is 3.50. The van der Waals surface area contributed by atoms with Gasteiger partial charge in [0.2, 0.25) is 11.8 Å². The van der Waals surface area contributed by atoms with Gasteiger partial charge in [-0.2, -0.15) is 0 Å². The van der Waals surface area contributed by atoms with E-state index in [0.29, 0.717) is 26.1 Å². The van der Waals surface area contributed by atoms with Gasteiger partial charge in [0.15, 0.2) is 0 Å². The molecule has 0 unspecified atom stereocenters. The Morgan fingerprint density at radius 1 is 1.29 bits per heavy atom. The summed E-state index contributed by atoms with van der Waals surface area (Å²) in [5.41, 5.74) is 2.49. The van der Waals surface area contributed by atoms with Crippen molar-refractivity contribution in [2.75, 3.05) is 13.1 Å². The van der Waals surface area contributed by atoms with Crippen LogP contribution in [-0.2, 0) is 22.6 Å². The number of likely N-dealkylation sites (tertiary alicyclic amines) is 1. The molecule has 0 aliphatic carbocycles. The Morgan fingerprint density at radius 2 is 2.04 bits per heavy atom. The number of hydrogen-bond acceptors (Lipinski definition) is 3. The molecule has 2 amide bonds. The highest BCUT2D eigenvalue weighted by Gasteiger charge is 2.37. The smallest absolute Gasteiger partial charge is 0.242 e. The van der Waals surface area contributed by atoms with E-state index in [1.54, 1.807) is 4.90 Å². The first-order valence-electron chi connectivity index (χ1n) is 8.59. The highest BCUT2D eigenvalue weighted by Crippen LogP contribution is 2.22. The number of nitrogens with zero attached hydrogens (tertiary/aromatic N) is 1. The SMILES string of the molecule is CCCNC(=O)[C@@H]1CCCN1C(=O)[C@@H]1Cc2ccccc2CN1.Cl. The van der Waals surface area contributed by atoms with Gasteiger partial charge in [0.25, 0.3) is 0 Å². The predicted molar refractivity (Wildman–Crippen MR) is 96.1 cm³/mol. The molecule has 1 aromatic carbocycles. The monoisotopic (exact) mass is 351 g/mol. The van der Waals surface area contributed by atoms with E-state index in [0.717, 1.165) is 19.3 Å². The van der Waals surface area contributed by atoms with Crippen molar-refractivity contribution >= 4 is 24.2 Å². The van der Waals surface area contributed by atoms with E-state index < -0.39 is 0 Å². The molecule has 0 saturated carbocycles. The lowest BCUT2D eigenvalue weighted by molar-refractivity contribution is -0.140. The molecule has 1 aromatic rings. The van der Waals surface area contributed by atoms with Crippen molar-refractivity contribution in [3.63, 3.8) is 0 Å². The van der Waals surface area contributed by atoms with Crippen LogP contribution in [-0.4, -0.2) is 41.9 Å². The number of benzene rings is 1. The van der Waals surface area contributed by atoms with Gasteiger partial charge in [-0.1, -0.05) is 31.2 Å². The zero-order valence-corrected chi connectivity index (χ0v) is 14.9. The van der Waals surface area contributed by atoms with Crippen LogP contribution in [0.2, 0.25) is 0 Å². The first kappa shape index (κ1) is 18.7. The van der Waals surface area contributed by atoms with Crippen LogP contribution in [0.3, 0.4) is 0 Å². The molecular weight excluding hydrogens is 326 g/mol. The molecule has 3 rings (SSSR count). The molecule has 132 valence electrons. The minimum absolute atomic E-state index is 0. The molecule has 24 heavy (non-hydrogen) atoms. The summed E-state index contributed by atoms with van der Waals surface area (Å²) in [5.74, 6) is 0.0579. The van der Waals surface area contributed by atoms with Crippen molar-refractivity contribution in [2.24, 2.45) is 0 Å². The van der Waals surface area contributed by atoms with Crippen LogP contribution in [0.1, 0.15) is 37.3 Å². The van der Waals surface area contributed by atoms with E-state index in [9.17, 15) is 9.59 Å². The number of rotatable bonds is 4. The molecular formula is C18H26ClN3O2. The van der Waals surface area contributed by atoms with E-state index in [1.807, 2.05) is 19.1 Å².